The fourth-order valence-corrected chi connectivity index (χ4v) is 3.89. The van der Waals surface area contributed by atoms with Crippen LogP contribution in [0.3, 0.4) is 0 Å². The number of hydrogen-bond donors (Lipinski definition) is 0. The molecule has 0 saturated heterocycles. The molecule has 2 aromatic rings. The lowest BCUT2D eigenvalue weighted by atomic mass is 9.99. The molecule has 0 aliphatic rings. The number of esters is 1. The summed E-state index contributed by atoms with van der Waals surface area (Å²) in [7, 11) is 1.50. The summed E-state index contributed by atoms with van der Waals surface area (Å²) in [6.45, 7) is 4.03. The van der Waals surface area contributed by atoms with Crippen LogP contribution in [0.2, 0.25) is 0 Å². The number of hydrogen-bond acceptors (Lipinski definition) is 9. The smallest absolute Gasteiger partial charge is 0.335 e. The van der Waals surface area contributed by atoms with Gasteiger partial charge in [0.1, 0.15) is 11.8 Å². The number of carbonyl (C=O) groups excluding carboxylic acids is 3. The Hall–Kier alpha value is -3.92. The summed E-state index contributed by atoms with van der Waals surface area (Å²) in [5.74, 6) is -1.59. The van der Waals surface area contributed by atoms with Crippen molar-refractivity contribution in [2.75, 3.05) is 13.7 Å². The number of nitrogens with zero attached hydrogens (tertiary/aromatic N) is 2. The Balaban J connectivity index is 1.97. The summed E-state index contributed by atoms with van der Waals surface area (Å²) in [6.07, 6.45) is 4.67. The lowest BCUT2D eigenvalue weighted by Crippen LogP contribution is -2.20. The Morgan fingerprint density at radius 3 is 2.05 bits per heavy atom. The van der Waals surface area contributed by atoms with Crippen LogP contribution in [0.25, 0.3) is 0 Å². The van der Waals surface area contributed by atoms with Crippen molar-refractivity contribution in [2.24, 2.45) is 5.16 Å². The Bertz CT molecular complexity index is 1140. The van der Waals surface area contributed by atoms with E-state index in [0.29, 0.717) is 24.8 Å². The first-order valence-corrected chi connectivity index (χ1v) is 13.6. The lowest BCUT2D eigenvalue weighted by molar-refractivity contribution is -0.384. The van der Waals surface area contributed by atoms with Gasteiger partial charge in [0.25, 0.3) is 5.69 Å². The van der Waals surface area contributed by atoms with E-state index < -0.39 is 23.0 Å². The van der Waals surface area contributed by atoms with Gasteiger partial charge in [-0.25, -0.2) is 4.79 Å². The maximum absolute atomic E-state index is 13.2. The minimum atomic E-state index is -0.725. The van der Waals surface area contributed by atoms with Gasteiger partial charge in [-0.3, -0.25) is 19.7 Å². The molecule has 0 heterocycles. The van der Waals surface area contributed by atoms with Crippen molar-refractivity contribution in [2.45, 2.75) is 77.7 Å². The number of nitro groups is 1. The molecule has 0 saturated carbocycles. The average Bonchev–Trinajstić information content (AvgIpc) is 2.94. The number of oxime groups is 1. The van der Waals surface area contributed by atoms with Crippen molar-refractivity contribution in [3.63, 3.8) is 0 Å². The van der Waals surface area contributed by atoms with Crippen molar-refractivity contribution in [1.82, 2.24) is 0 Å². The summed E-state index contributed by atoms with van der Waals surface area (Å²) in [4.78, 5) is 52.6. The number of methoxy groups -OCH3 is 1. The monoisotopic (exact) mass is 554 g/mol. The molecule has 0 amide bonds. The topological polar surface area (TPSA) is 134 Å². The molecule has 1 unspecified atom stereocenters. The van der Waals surface area contributed by atoms with Gasteiger partial charge in [-0.15, -0.1) is 0 Å². The van der Waals surface area contributed by atoms with Crippen LogP contribution in [0.5, 0.6) is 0 Å². The molecule has 0 N–H and O–H groups in total. The van der Waals surface area contributed by atoms with Crippen molar-refractivity contribution in [1.29, 1.82) is 0 Å². The van der Waals surface area contributed by atoms with E-state index in [2.05, 4.69) is 12.1 Å². The van der Waals surface area contributed by atoms with Gasteiger partial charge in [0.2, 0.25) is 5.78 Å². The summed E-state index contributed by atoms with van der Waals surface area (Å²) < 4.78 is 10.0. The highest BCUT2D eigenvalue weighted by Crippen LogP contribution is 2.16. The van der Waals surface area contributed by atoms with E-state index in [1.807, 2.05) is 12.1 Å². The fourth-order valence-electron chi connectivity index (χ4n) is 3.89. The first kappa shape index (κ1) is 32.3. The second-order valence-electron chi connectivity index (χ2n) is 9.52. The molecule has 0 fully saturated rings. The maximum atomic E-state index is 13.2. The van der Waals surface area contributed by atoms with Gasteiger partial charge in [-0.2, -0.15) is 0 Å². The van der Waals surface area contributed by atoms with Gasteiger partial charge in [-0.1, -0.05) is 67.7 Å². The minimum absolute atomic E-state index is 0.0551. The zero-order valence-electron chi connectivity index (χ0n) is 23.4. The third-order valence-electron chi connectivity index (χ3n) is 6.12. The fraction of sp³-hybridized carbons (Fsp3) is 0.467. The molecule has 0 spiro atoms. The van der Waals surface area contributed by atoms with Gasteiger partial charge in [0.15, 0.2) is 0 Å². The second kappa shape index (κ2) is 17.6. The number of nitro benzene ring substituents is 1. The van der Waals surface area contributed by atoms with E-state index in [9.17, 15) is 24.5 Å². The number of benzene rings is 2. The normalized spacial score (nSPS) is 12.0. The van der Waals surface area contributed by atoms with E-state index in [-0.39, 0.29) is 36.6 Å². The summed E-state index contributed by atoms with van der Waals surface area (Å²) in [5.41, 5.74) is 2.63. The standard InChI is InChI=1S/C30H38N2O8/c1-4-5-6-7-8-27(31-40-29(34)20-19-28(33)39-22(2)21-38-3)30(35)25-15-11-23(12-16-25)9-10-24-13-17-26(18-14-24)32(36)37/h11-18,22H,4-10,19-21H2,1-3H3/b31-27+. The van der Waals surface area contributed by atoms with Crippen LogP contribution in [0.1, 0.15) is 80.3 Å². The van der Waals surface area contributed by atoms with Gasteiger partial charge in [-0.05, 0) is 43.7 Å². The molecule has 10 heteroatoms. The lowest BCUT2D eigenvalue weighted by Gasteiger charge is -2.11. The Morgan fingerprint density at radius 2 is 1.48 bits per heavy atom. The molecule has 1 atom stereocenters. The van der Waals surface area contributed by atoms with E-state index in [1.165, 1.54) is 19.2 Å². The first-order valence-electron chi connectivity index (χ1n) is 13.6. The number of ketones is 1. The Labute approximate surface area is 234 Å². The number of unbranched alkanes of at least 4 members (excludes halogenated alkanes) is 3. The highest BCUT2D eigenvalue weighted by Gasteiger charge is 2.17. The minimum Gasteiger partial charge on any atom is -0.460 e. The van der Waals surface area contributed by atoms with Crippen LogP contribution in [0.4, 0.5) is 5.69 Å². The molecule has 216 valence electrons. The zero-order valence-corrected chi connectivity index (χ0v) is 23.4. The number of aryl methyl sites for hydroxylation is 2. The Morgan fingerprint density at radius 1 is 0.875 bits per heavy atom. The van der Waals surface area contributed by atoms with Crippen LogP contribution < -0.4 is 0 Å². The quantitative estimate of drug-likeness (QED) is 0.0430. The van der Waals surface area contributed by atoms with Crippen molar-refractivity contribution in [3.05, 3.63) is 75.3 Å². The Kier molecular flexibility index (Phi) is 14.2. The maximum Gasteiger partial charge on any atom is 0.335 e. The van der Waals surface area contributed by atoms with Crippen LogP contribution in [-0.2, 0) is 36.7 Å². The predicted molar refractivity (Wildman–Crippen MR) is 150 cm³/mol. The second-order valence-corrected chi connectivity index (χ2v) is 9.52. The van der Waals surface area contributed by atoms with E-state index in [0.717, 1.165) is 36.8 Å². The molecule has 0 aromatic heterocycles. The number of carbonyl (C=O) groups is 3. The third kappa shape index (κ3) is 11.9. The van der Waals surface area contributed by atoms with E-state index in [1.54, 1.807) is 31.2 Å². The number of rotatable bonds is 18. The van der Waals surface area contributed by atoms with Crippen LogP contribution >= 0.6 is 0 Å². The summed E-state index contributed by atoms with van der Waals surface area (Å²) >= 11 is 0. The number of non-ortho nitro benzene ring substituents is 1. The predicted octanol–water partition coefficient (Wildman–Crippen LogP) is 5.79. The number of Topliss-reactive ketones (excluding diaryl/α,β-unsaturated/α-hetero) is 1. The van der Waals surface area contributed by atoms with Crippen LogP contribution in [-0.4, -0.2) is 48.2 Å². The molecule has 0 bridgehead atoms. The van der Waals surface area contributed by atoms with Gasteiger partial charge in [0, 0.05) is 24.8 Å². The first-order chi connectivity index (χ1) is 19.2. The largest absolute Gasteiger partial charge is 0.460 e. The number of ether oxygens (including phenoxy) is 2. The van der Waals surface area contributed by atoms with E-state index in [4.69, 9.17) is 14.3 Å². The highest BCUT2D eigenvalue weighted by atomic mass is 16.7. The third-order valence-corrected chi connectivity index (χ3v) is 6.12. The molecular weight excluding hydrogens is 516 g/mol. The van der Waals surface area contributed by atoms with Crippen LogP contribution in [0, 0.1) is 10.1 Å². The van der Waals surface area contributed by atoms with Crippen LogP contribution in [0.15, 0.2) is 53.7 Å². The van der Waals surface area contributed by atoms with E-state index >= 15 is 0 Å². The summed E-state index contributed by atoms with van der Waals surface area (Å²) in [5, 5.41) is 14.7. The SMILES string of the molecule is CCCCCC/C(=N\OC(=O)CCC(=O)OC(C)COC)C(=O)c1ccc(CCc2ccc([N+](=O)[O-])cc2)cc1. The molecule has 0 aliphatic carbocycles. The van der Waals surface area contributed by atoms with Crippen molar-refractivity contribution in [3.8, 4) is 0 Å². The van der Waals surface area contributed by atoms with Gasteiger partial charge >= 0.3 is 11.9 Å². The van der Waals surface area contributed by atoms with Crippen molar-refractivity contribution < 1.29 is 33.6 Å². The molecule has 40 heavy (non-hydrogen) atoms. The molecule has 2 aromatic carbocycles. The molecular formula is C30H38N2O8. The highest BCUT2D eigenvalue weighted by molar-refractivity contribution is 6.45. The molecule has 0 radical (unpaired) electrons. The summed E-state index contributed by atoms with van der Waals surface area (Å²) in [6, 6.07) is 13.6. The zero-order chi connectivity index (χ0) is 29.3. The van der Waals surface area contributed by atoms with Crippen molar-refractivity contribution >= 4 is 29.1 Å². The molecule has 10 nitrogen and oxygen atoms in total. The molecule has 0 aliphatic heterocycles. The van der Waals surface area contributed by atoms with Gasteiger partial charge < -0.3 is 14.3 Å². The van der Waals surface area contributed by atoms with Gasteiger partial charge in [0.05, 0.1) is 24.4 Å². The molecule has 2 rings (SSSR count). The average molecular weight is 555 g/mol.